The predicted octanol–water partition coefficient (Wildman–Crippen LogP) is 1.19. The van der Waals surface area contributed by atoms with Gasteiger partial charge in [0.2, 0.25) is 5.95 Å². The molecule has 0 spiro atoms. The van der Waals surface area contributed by atoms with Crippen molar-refractivity contribution in [2.24, 2.45) is 0 Å². The Morgan fingerprint density at radius 3 is 2.62 bits per heavy atom. The van der Waals surface area contributed by atoms with Gasteiger partial charge in [-0.05, 0) is 12.1 Å². The van der Waals surface area contributed by atoms with Crippen LogP contribution in [0.2, 0.25) is 0 Å². The molecule has 1 N–H and O–H groups in total. The summed E-state index contributed by atoms with van der Waals surface area (Å²) in [5, 5.41) is 18.5. The SMILES string of the molecule is OCCSc1nnc(N2CCOCC2)n1-c1ccccc1. The van der Waals surface area contributed by atoms with Crippen LogP contribution in [-0.4, -0.2) is 58.5 Å². The van der Waals surface area contributed by atoms with Crippen LogP contribution in [-0.2, 0) is 4.74 Å². The summed E-state index contributed by atoms with van der Waals surface area (Å²) < 4.78 is 7.45. The standard InChI is InChI=1S/C14H18N4O2S/c19-8-11-21-14-16-15-13(17-6-9-20-10-7-17)18(14)12-4-2-1-3-5-12/h1-5,19H,6-11H2. The number of para-hydroxylation sites is 1. The molecule has 0 bridgehead atoms. The van der Waals surface area contributed by atoms with Crippen LogP contribution >= 0.6 is 11.8 Å². The van der Waals surface area contributed by atoms with E-state index >= 15 is 0 Å². The summed E-state index contributed by atoms with van der Waals surface area (Å²) in [6.07, 6.45) is 0. The Labute approximate surface area is 127 Å². The molecule has 0 aliphatic carbocycles. The zero-order valence-electron chi connectivity index (χ0n) is 11.7. The molecule has 0 saturated carbocycles. The Morgan fingerprint density at radius 1 is 1.14 bits per heavy atom. The Bertz CT molecular complexity index is 570. The number of morpholine rings is 1. The third-order valence-electron chi connectivity index (χ3n) is 3.25. The summed E-state index contributed by atoms with van der Waals surface area (Å²) in [5.74, 6) is 1.44. The van der Waals surface area contributed by atoms with E-state index < -0.39 is 0 Å². The van der Waals surface area contributed by atoms with Crippen LogP contribution in [0.3, 0.4) is 0 Å². The van der Waals surface area contributed by atoms with Crippen LogP contribution in [0.25, 0.3) is 5.69 Å². The van der Waals surface area contributed by atoms with E-state index in [1.54, 1.807) is 0 Å². The number of aliphatic hydroxyl groups is 1. The average molecular weight is 306 g/mol. The molecule has 0 atom stereocenters. The normalized spacial score (nSPS) is 15.4. The second kappa shape index (κ2) is 6.93. The molecule has 1 aliphatic rings. The molecular weight excluding hydrogens is 288 g/mol. The van der Waals surface area contributed by atoms with Crippen LogP contribution < -0.4 is 4.90 Å². The lowest BCUT2D eigenvalue weighted by atomic mass is 10.3. The van der Waals surface area contributed by atoms with Gasteiger partial charge in [0.1, 0.15) is 0 Å². The average Bonchev–Trinajstić information content (AvgIpc) is 2.98. The Balaban J connectivity index is 1.97. The van der Waals surface area contributed by atoms with Gasteiger partial charge in [-0.3, -0.25) is 4.57 Å². The number of aliphatic hydroxyl groups excluding tert-OH is 1. The lowest BCUT2D eigenvalue weighted by Crippen LogP contribution is -2.37. The first kappa shape index (κ1) is 14.4. The van der Waals surface area contributed by atoms with Crippen molar-refractivity contribution in [1.82, 2.24) is 14.8 Å². The number of thioether (sulfide) groups is 1. The molecule has 0 unspecified atom stereocenters. The van der Waals surface area contributed by atoms with Gasteiger partial charge in [-0.15, -0.1) is 10.2 Å². The summed E-state index contributed by atoms with van der Waals surface area (Å²) in [4.78, 5) is 2.19. The second-order valence-corrected chi connectivity index (χ2v) is 5.69. The van der Waals surface area contributed by atoms with Crippen molar-refractivity contribution < 1.29 is 9.84 Å². The van der Waals surface area contributed by atoms with Gasteiger partial charge in [0.05, 0.1) is 25.5 Å². The molecule has 6 nitrogen and oxygen atoms in total. The molecule has 7 heteroatoms. The van der Waals surface area contributed by atoms with E-state index in [0.29, 0.717) is 19.0 Å². The maximum atomic E-state index is 9.04. The van der Waals surface area contributed by atoms with Gasteiger partial charge in [0.15, 0.2) is 5.16 Å². The number of ether oxygens (including phenoxy) is 1. The van der Waals surface area contributed by atoms with Crippen LogP contribution in [0, 0.1) is 0 Å². The van der Waals surface area contributed by atoms with E-state index in [1.165, 1.54) is 11.8 Å². The topological polar surface area (TPSA) is 63.4 Å². The first-order chi connectivity index (χ1) is 10.4. The van der Waals surface area contributed by atoms with Gasteiger partial charge in [0, 0.05) is 18.8 Å². The molecule has 0 radical (unpaired) electrons. The highest BCUT2D eigenvalue weighted by atomic mass is 32.2. The molecule has 3 rings (SSSR count). The number of aromatic nitrogens is 3. The third kappa shape index (κ3) is 3.20. The lowest BCUT2D eigenvalue weighted by Gasteiger charge is -2.27. The third-order valence-corrected chi connectivity index (χ3v) is 4.16. The largest absolute Gasteiger partial charge is 0.396 e. The van der Waals surface area contributed by atoms with Crippen molar-refractivity contribution in [2.75, 3.05) is 43.6 Å². The Kier molecular flexibility index (Phi) is 4.74. The predicted molar refractivity (Wildman–Crippen MR) is 82.2 cm³/mol. The van der Waals surface area contributed by atoms with Crippen LogP contribution in [0.15, 0.2) is 35.5 Å². The van der Waals surface area contributed by atoms with Crippen LogP contribution in [0.5, 0.6) is 0 Å². The maximum absolute atomic E-state index is 9.04. The first-order valence-corrected chi connectivity index (χ1v) is 7.96. The number of hydrogen-bond donors (Lipinski definition) is 1. The van der Waals surface area contributed by atoms with Gasteiger partial charge in [-0.2, -0.15) is 0 Å². The minimum absolute atomic E-state index is 0.124. The number of anilines is 1. The maximum Gasteiger partial charge on any atom is 0.232 e. The summed E-state index contributed by atoms with van der Waals surface area (Å²) in [6.45, 7) is 3.17. The molecule has 1 aromatic heterocycles. The van der Waals surface area contributed by atoms with Crippen molar-refractivity contribution in [2.45, 2.75) is 5.16 Å². The number of hydrogen-bond acceptors (Lipinski definition) is 6. The van der Waals surface area contributed by atoms with Crippen molar-refractivity contribution in [3.63, 3.8) is 0 Å². The minimum Gasteiger partial charge on any atom is -0.396 e. The molecule has 1 aliphatic heterocycles. The van der Waals surface area contributed by atoms with E-state index in [-0.39, 0.29) is 6.61 Å². The summed E-state index contributed by atoms with van der Waals surface area (Å²) in [6, 6.07) is 10.1. The molecule has 21 heavy (non-hydrogen) atoms. The van der Waals surface area contributed by atoms with Gasteiger partial charge in [0.25, 0.3) is 0 Å². The molecular formula is C14H18N4O2S. The number of nitrogens with zero attached hydrogens (tertiary/aromatic N) is 4. The van der Waals surface area contributed by atoms with Gasteiger partial charge >= 0.3 is 0 Å². The van der Waals surface area contributed by atoms with E-state index in [9.17, 15) is 0 Å². The van der Waals surface area contributed by atoms with Crippen molar-refractivity contribution in [1.29, 1.82) is 0 Å². The second-order valence-electron chi connectivity index (χ2n) is 4.63. The van der Waals surface area contributed by atoms with Crippen molar-refractivity contribution in [3.05, 3.63) is 30.3 Å². The van der Waals surface area contributed by atoms with Gasteiger partial charge in [-0.25, -0.2) is 0 Å². The summed E-state index contributed by atoms with van der Waals surface area (Å²) in [5.41, 5.74) is 1.03. The zero-order valence-corrected chi connectivity index (χ0v) is 12.5. The quantitative estimate of drug-likeness (QED) is 0.837. The highest BCUT2D eigenvalue weighted by molar-refractivity contribution is 7.99. The van der Waals surface area contributed by atoms with E-state index in [2.05, 4.69) is 15.1 Å². The van der Waals surface area contributed by atoms with Gasteiger partial charge in [-0.1, -0.05) is 30.0 Å². The molecule has 112 valence electrons. The highest BCUT2D eigenvalue weighted by Crippen LogP contribution is 2.26. The van der Waals surface area contributed by atoms with E-state index in [0.717, 1.165) is 29.9 Å². The summed E-state index contributed by atoms with van der Waals surface area (Å²) in [7, 11) is 0. The number of benzene rings is 1. The highest BCUT2D eigenvalue weighted by Gasteiger charge is 2.21. The molecule has 0 amide bonds. The fourth-order valence-corrected chi connectivity index (χ4v) is 2.95. The van der Waals surface area contributed by atoms with E-state index in [4.69, 9.17) is 9.84 Å². The van der Waals surface area contributed by atoms with Crippen molar-refractivity contribution >= 4 is 17.7 Å². The van der Waals surface area contributed by atoms with Crippen LogP contribution in [0.1, 0.15) is 0 Å². The smallest absolute Gasteiger partial charge is 0.232 e. The molecule has 1 saturated heterocycles. The summed E-state index contributed by atoms with van der Waals surface area (Å²) >= 11 is 1.51. The fourth-order valence-electron chi connectivity index (χ4n) is 2.26. The van der Waals surface area contributed by atoms with Crippen molar-refractivity contribution in [3.8, 4) is 5.69 Å². The molecule has 1 aromatic carbocycles. The Hall–Kier alpha value is -1.57. The Morgan fingerprint density at radius 2 is 1.90 bits per heavy atom. The minimum atomic E-state index is 0.124. The zero-order chi connectivity index (χ0) is 14.5. The lowest BCUT2D eigenvalue weighted by molar-refractivity contribution is 0.122. The first-order valence-electron chi connectivity index (χ1n) is 6.97. The van der Waals surface area contributed by atoms with Crippen LogP contribution in [0.4, 0.5) is 5.95 Å². The number of rotatable bonds is 5. The van der Waals surface area contributed by atoms with E-state index in [1.807, 2.05) is 34.9 Å². The monoisotopic (exact) mass is 306 g/mol. The molecule has 1 fully saturated rings. The molecule has 2 aromatic rings. The molecule has 2 heterocycles. The van der Waals surface area contributed by atoms with Gasteiger partial charge < -0.3 is 14.7 Å². The fraction of sp³-hybridized carbons (Fsp3) is 0.429.